The van der Waals surface area contributed by atoms with Gasteiger partial charge in [-0.1, -0.05) is 0 Å². The topological polar surface area (TPSA) is 43.6 Å². The van der Waals surface area contributed by atoms with Crippen LogP contribution in [0.4, 0.5) is 0 Å². The van der Waals surface area contributed by atoms with Gasteiger partial charge in [-0.15, -0.1) is 23.7 Å². The number of aromatic nitrogens is 2. The van der Waals surface area contributed by atoms with Gasteiger partial charge in [0.15, 0.2) is 16.9 Å². The van der Waals surface area contributed by atoms with Gasteiger partial charge < -0.3 is 4.74 Å². The number of unbranched alkanes of at least 4 members (excludes halogenated alkanes) is 1. The maximum atomic E-state index is 10.9. The molecule has 0 bridgehead atoms. The number of rotatable bonds is 5. The smallest absolute Gasteiger partial charge is 0.244 e. The molecule has 2 aromatic heterocycles. The Morgan fingerprint density at radius 3 is 3.31 bits per heavy atom. The number of ether oxygens (including phenoxy) is 1. The Morgan fingerprint density at radius 1 is 1.69 bits per heavy atom. The quantitative estimate of drug-likeness (QED) is 0.451. The first kappa shape index (κ1) is 10.7. The molecule has 0 aromatic carbocycles. The van der Waals surface area contributed by atoms with E-state index < -0.39 is 0 Å². The number of fused-ring (bicyclic) bond motifs is 1. The largest absolute Gasteiger partial charge is 0.476 e. The van der Waals surface area contributed by atoms with E-state index in [2.05, 4.69) is 10.9 Å². The molecule has 0 saturated carbocycles. The Bertz CT molecular complexity index is 536. The van der Waals surface area contributed by atoms with Gasteiger partial charge in [0.05, 0.1) is 6.61 Å². The summed E-state index contributed by atoms with van der Waals surface area (Å²) >= 11 is 1.46. The first-order valence-electron chi connectivity index (χ1n) is 4.84. The second-order valence-electron chi connectivity index (χ2n) is 3.13. The Kier molecular flexibility index (Phi) is 3.22. The van der Waals surface area contributed by atoms with Crippen molar-refractivity contribution >= 4 is 22.6 Å². The van der Waals surface area contributed by atoms with Crippen LogP contribution in [-0.2, 0) is 0 Å². The highest BCUT2D eigenvalue weighted by atomic mass is 32.1. The third-order valence-electron chi connectivity index (χ3n) is 2.08. The number of thiazole rings is 1. The maximum absolute atomic E-state index is 10.9. The monoisotopic (exact) mass is 234 g/mol. The van der Waals surface area contributed by atoms with Crippen molar-refractivity contribution in [3.63, 3.8) is 0 Å². The Labute approximate surface area is 96.9 Å². The summed E-state index contributed by atoms with van der Waals surface area (Å²) in [5, 5.41) is 1.87. The van der Waals surface area contributed by atoms with E-state index in [1.54, 1.807) is 10.6 Å². The molecule has 0 spiro atoms. The summed E-state index contributed by atoms with van der Waals surface area (Å²) in [7, 11) is 0. The SMILES string of the molecule is C#CCCCOc1nc2sccn2c1C=O. The van der Waals surface area contributed by atoms with Crippen molar-refractivity contribution < 1.29 is 9.53 Å². The van der Waals surface area contributed by atoms with E-state index in [1.807, 2.05) is 5.38 Å². The van der Waals surface area contributed by atoms with E-state index in [0.29, 0.717) is 24.6 Å². The summed E-state index contributed by atoms with van der Waals surface area (Å²) in [6, 6.07) is 0. The van der Waals surface area contributed by atoms with Crippen molar-refractivity contribution in [3.8, 4) is 18.2 Å². The van der Waals surface area contributed by atoms with Crippen molar-refractivity contribution in [2.45, 2.75) is 12.8 Å². The minimum absolute atomic E-state index is 0.388. The van der Waals surface area contributed by atoms with Crippen molar-refractivity contribution in [1.29, 1.82) is 0 Å². The van der Waals surface area contributed by atoms with Gasteiger partial charge in [-0.05, 0) is 6.42 Å². The minimum atomic E-state index is 0.388. The van der Waals surface area contributed by atoms with Crippen LogP contribution >= 0.6 is 11.3 Å². The van der Waals surface area contributed by atoms with Gasteiger partial charge in [0.2, 0.25) is 5.88 Å². The molecule has 0 fully saturated rings. The molecule has 0 aliphatic carbocycles. The second-order valence-corrected chi connectivity index (χ2v) is 4.00. The Balaban J connectivity index is 2.14. The molecule has 0 saturated heterocycles. The van der Waals surface area contributed by atoms with Gasteiger partial charge in [0.25, 0.3) is 0 Å². The number of nitrogens with zero attached hydrogens (tertiary/aromatic N) is 2. The minimum Gasteiger partial charge on any atom is -0.476 e. The Hall–Kier alpha value is -1.80. The van der Waals surface area contributed by atoms with Crippen molar-refractivity contribution in [3.05, 3.63) is 17.3 Å². The lowest BCUT2D eigenvalue weighted by atomic mass is 10.3. The van der Waals surface area contributed by atoms with E-state index >= 15 is 0 Å². The zero-order valence-electron chi connectivity index (χ0n) is 8.55. The Morgan fingerprint density at radius 2 is 2.56 bits per heavy atom. The normalized spacial score (nSPS) is 10.2. The number of carbonyl (C=O) groups excluding carboxylic acids is 1. The number of aldehydes is 1. The molecule has 0 atom stereocenters. The molecule has 5 heteroatoms. The summed E-state index contributed by atoms with van der Waals surface area (Å²) in [6.07, 6.45) is 9.11. The second kappa shape index (κ2) is 4.81. The van der Waals surface area contributed by atoms with Gasteiger partial charge in [-0.2, -0.15) is 4.98 Å². The number of imidazole rings is 1. The molecule has 2 rings (SSSR count). The summed E-state index contributed by atoms with van der Waals surface area (Å²) in [6.45, 7) is 0.482. The van der Waals surface area contributed by atoms with E-state index in [-0.39, 0.29) is 0 Å². The zero-order valence-corrected chi connectivity index (χ0v) is 9.37. The molecule has 82 valence electrons. The van der Waals surface area contributed by atoms with E-state index in [0.717, 1.165) is 17.7 Å². The number of carbonyl (C=O) groups is 1. The average molecular weight is 234 g/mol. The van der Waals surface area contributed by atoms with Crippen LogP contribution in [0.25, 0.3) is 4.96 Å². The lowest BCUT2D eigenvalue weighted by Crippen LogP contribution is -2.00. The predicted molar refractivity (Wildman–Crippen MR) is 62.0 cm³/mol. The van der Waals surface area contributed by atoms with E-state index in [1.165, 1.54) is 11.3 Å². The summed E-state index contributed by atoms with van der Waals surface area (Å²) in [4.78, 5) is 15.9. The van der Waals surface area contributed by atoms with Crippen LogP contribution in [0.15, 0.2) is 11.6 Å². The average Bonchev–Trinajstić information content (AvgIpc) is 2.84. The van der Waals surface area contributed by atoms with Crippen LogP contribution in [-0.4, -0.2) is 22.3 Å². The molecule has 0 amide bonds. The third-order valence-corrected chi connectivity index (χ3v) is 2.84. The maximum Gasteiger partial charge on any atom is 0.244 e. The highest BCUT2D eigenvalue weighted by Crippen LogP contribution is 2.21. The van der Waals surface area contributed by atoms with Gasteiger partial charge in [0, 0.05) is 18.0 Å². The van der Waals surface area contributed by atoms with Gasteiger partial charge >= 0.3 is 0 Å². The summed E-state index contributed by atoms with van der Waals surface area (Å²) in [5.74, 6) is 2.92. The fraction of sp³-hybridized carbons (Fsp3) is 0.273. The molecule has 0 radical (unpaired) electrons. The first-order valence-corrected chi connectivity index (χ1v) is 5.71. The highest BCUT2D eigenvalue weighted by molar-refractivity contribution is 7.15. The molecular formula is C11H10N2O2S. The van der Waals surface area contributed by atoms with Gasteiger partial charge in [-0.3, -0.25) is 9.20 Å². The summed E-state index contributed by atoms with van der Waals surface area (Å²) in [5.41, 5.74) is 0.456. The molecule has 2 heterocycles. The molecule has 16 heavy (non-hydrogen) atoms. The molecule has 0 aliphatic heterocycles. The highest BCUT2D eigenvalue weighted by Gasteiger charge is 2.13. The van der Waals surface area contributed by atoms with E-state index in [9.17, 15) is 4.79 Å². The molecular weight excluding hydrogens is 224 g/mol. The first-order chi connectivity index (χ1) is 7.86. The van der Waals surface area contributed by atoms with Crippen molar-refractivity contribution in [2.24, 2.45) is 0 Å². The standard InChI is InChI=1S/C11H10N2O2S/c1-2-3-4-6-15-10-9(8-14)13-5-7-16-11(13)12-10/h1,5,7-8H,3-4,6H2. The molecule has 0 unspecified atom stereocenters. The van der Waals surface area contributed by atoms with Gasteiger partial charge in [-0.25, -0.2) is 0 Å². The van der Waals surface area contributed by atoms with Crippen molar-refractivity contribution in [1.82, 2.24) is 9.38 Å². The fourth-order valence-corrected chi connectivity index (χ4v) is 2.05. The molecule has 2 aromatic rings. The van der Waals surface area contributed by atoms with Crippen LogP contribution < -0.4 is 4.74 Å². The van der Waals surface area contributed by atoms with Crippen molar-refractivity contribution in [2.75, 3.05) is 6.61 Å². The zero-order chi connectivity index (χ0) is 11.4. The number of hydrogen-bond donors (Lipinski definition) is 0. The lowest BCUT2D eigenvalue weighted by molar-refractivity contribution is 0.111. The summed E-state index contributed by atoms with van der Waals surface area (Å²) < 4.78 is 7.14. The molecule has 0 N–H and O–H groups in total. The van der Waals surface area contributed by atoms with Crippen LogP contribution in [0.3, 0.4) is 0 Å². The van der Waals surface area contributed by atoms with Crippen LogP contribution in [0, 0.1) is 12.3 Å². The number of hydrogen-bond acceptors (Lipinski definition) is 4. The van der Waals surface area contributed by atoms with Crippen LogP contribution in [0.1, 0.15) is 23.3 Å². The molecule has 4 nitrogen and oxygen atoms in total. The number of terminal acetylenes is 1. The molecule has 0 aliphatic rings. The fourth-order valence-electron chi connectivity index (χ4n) is 1.34. The van der Waals surface area contributed by atoms with Crippen LogP contribution in [0.5, 0.6) is 5.88 Å². The predicted octanol–water partition coefficient (Wildman–Crippen LogP) is 2.00. The van der Waals surface area contributed by atoms with Gasteiger partial charge in [0.1, 0.15) is 0 Å². The van der Waals surface area contributed by atoms with Crippen LogP contribution in [0.2, 0.25) is 0 Å². The third kappa shape index (κ3) is 1.92. The lowest BCUT2D eigenvalue weighted by Gasteiger charge is -2.00. The van der Waals surface area contributed by atoms with E-state index in [4.69, 9.17) is 11.2 Å².